The summed E-state index contributed by atoms with van der Waals surface area (Å²) in [7, 11) is 0. The SMILES string of the molecule is Cc1ccc(C)c(C(O)CCN2CCC(C)CC2)c1. The Bertz CT molecular complexity index is 408. The molecule has 0 spiro atoms. The van der Waals surface area contributed by atoms with Gasteiger partial charge in [0.25, 0.3) is 0 Å². The van der Waals surface area contributed by atoms with E-state index in [1.54, 1.807) is 0 Å². The summed E-state index contributed by atoms with van der Waals surface area (Å²) in [6.07, 6.45) is 3.14. The molecule has 106 valence electrons. The highest BCUT2D eigenvalue weighted by atomic mass is 16.3. The van der Waals surface area contributed by atoms with E-state index in [-0.39, 0.29) is 6.10 Å². The van der Waals surface area contributed by atoms with Crippen molar-refractivity contribution >= 4 is 0 Å². The molecule has 0 amide bonds. The Balaban J connectivity index is 1.87. The molecule has 0 saturated carbocycles. The number of aliphatic hydroxyl groups excluding tert-OH is 1. The Morgan fingerprint density at radius 3 is 2.63 bits per heavy atom. The molecule has 1 unspecified atom stereocenters. The maximum absolute atomic E-state index is 10.4. The molecule has 1 atom stereocenters. The third-order valence-electron chi connectivity index (χ3n) is 4.39. The van der Waals surface area contributed by atoms with Gasteiger partial charge < -0.3 is 10.0 Å². The molecule has 19 heavy (non-hydrogen) atoms. The minimum atomic E-state index is -0.320. The number of hydrogen-bond donors (Lipinski definition) is 1. The molecule has 1 saturated heterocycles. The minimum absolute atomic E-state index is 0.320. The normalized spacial score (nSPS) is 19.6. The van der Waals surface area contributed by atoms with Crippen LogP contribution < -0.4 is 0 Å². The van der Waals surface area contributed by atoms with Gasteiger partial charge in [-0.1, -0.05) is 30.7 Å². The molecule has 0 bridgehead atoms. The number of aliphatic hydroxyl groups is 1. The lowest BCUT2D eigenvalue weighted by Gasteiger charge is -2.30. The molecule has 2 rings (SSSR count). The number of piperidine rings is 1. The van der Waals surface area contributed by atoms with Crippen molar-refractivity contribution < 1.29 is 5.11 Å². The van der Waals surface area contributed by atoms with E-state index in [1.807, 2.05) is 0 Å². The van der Waals surface area contributed by atoms with Gasteiger partial charge in [0, 0.05) is 6.54 Å². The zero-order chi connectivity index (χ0) is 13.8. The van der Waals surface area contributed by atoms with Crippen LogP contribution in [0.3, 0.4) is 0 Å². The highest BCUT2D eigenvalue weighted by molar-refractivity contribution is 5.32. The van der Waals surface area contributed by atoms with Gasteiger partial charge in [0.1, 0.15) is 0 Å². The molecule has 1 aromatic rings. The van der Waals surface area contributed by atoms with Crippen molar-refractivity contribution in [1.82, 2.24) is 4.90 Å². The second-order valence-corrected chi connectivity index (χ2v) is 6.19. The van der Waals surface area contributed by atoms with E-state index in [2.05, 4.69) is 43.9 Å². The van der Waals surface area contributed by atoms with Crippen molar-refractivity contribution in [1.29, 1.82) is 0 Å². The monoisotopic (exact) mass is 261 g/mol. The van der Waals surface area contributed by atoms with Crippen LogP contribution in [0.5, 0.6) is 0 Å². The van der Waals surface area contributed by atoms with Crippen LogP contribution in [-0.2, 0) is 0 Å². The van der Waals surface area contributed by atoms with Crippen LogP contribution in [-0.4, -0.2) is 29.6 Å². The first-order chi connectivity index (χ1) is 9.06. The second kappa shape index (κ2) is 6.53. The van der Waals surface area contributed by atoms with Gasteiger partial charge in [-0.25, -0.2) is 0 Å². The van der Waals surface area contributed by atoms with Crippen LogP contribution in [0.25, 0.3) is 0 Å². The lowest BCUT2D eigenvalue weighted by Crippen LogP contribution is -2.34. The van der Waals surface area contributed by atoms with Crippen LogP contribution in [0.15, 0.2) is 18.2 Å². The standard InChI is InChI=1S/C17H27NO/c1-13-6-9-18(10-7-13)11-8-17(19)16-12-14(2)4-5-15(16)3/h4-5,12-13,17,19H,6-11H2,1-3H3. The molecule has 1 aromatic carbocycles. The summed E-state index contributed by atoms with van der Waals surface area (Å²) in [4.78, 5) is 2.49. The van der Waals surface area contributed by atoms with Gasteiger partial charge in [-0.2, -0.15) is 0 Å². The Labute approximate surface area is 117 Å². The zero-order valence-electron chi connectivity index (χ0n) is 12.5. The lowest BCUT2D eigenvalue weighted by atomic mass is 9.97. The van der Waals surface area contributed by atoms with Gasteiger partial charge in [0.2, 0.25) is 0 Å². The van der Waals surface area contributed by atoms with Crippen LogP contribution in [0.2, 0.25) is 0 Å². The molecule has 1 heterocycles. The average Bonchev–Trinajstić information content (AvgIpc) is 2.40. The predicted molar refractivity (Wildman–Crippen MR) is 80.3 cm³/mol. The number of likely N-dealkylation sites (tertiary alicyclic amines) is 1. The van der Waals surface area contributed by atoms with E-state index in [1.165, 1.54) is 37.1 Å². The van der Waals surface area contributed by atoms with Crippen LogP contribution >= 0.6 is 0 Å². The molecule has 1 N–H and O–H groups in total. The summed E-state index contributed by atoms with van der Waals surface area (Å²) in [5.41, 5.74) is 3.53. The minimum Gasteiger partial charge on any atom is -0.388 e. The van der Waals surface area contributed by atoms with E-state index in [9.17, 15) is 5.11 Å². The summed E-state index contributed by atoms with van der Waals surface area (Å²) in [6, 6.07) is 6.34. The van der Waals surface area contributed by atoms with Crippen molar-refractivity contribution in [3.05, 3.63) is 34.9 Å². The number of aryl methyl sites for hydroxylation is 2. The van der Waals surface area contributed by atoms with Gasteiger partial charge in [-0.05, 0) is 63.2 Å². The van der Waals surface area contributed by atoms with Crippen LogP contribution in [0.4, 0.5) is 0 Å². The Morgan fingerprint density at radius 1 is 1.26 bits per heavy atom. The topological polar surface area (TPSA) is 23.5 Å². The lowest BCUT2D eigenvalue weighted by molar-refractivity contribution is 0.125. The molecular weight excluding hydrogens is 234 g/mol. The summed E-state index contributed by atoms with van der Waals surface area (Å²) in [5, 5.41) is 10.4. The Hall–Kier alpha value is -0.860. The van der Waals surface area contributed by atoms with Crippen molar-refractivity contribution in [3.8, 4) is 0 Å². The molecule has 0 radical (unpaired) electrons. The molecule has 1 aliphatic heterocycles. The first kappa shape index (κ1) is 14.5. The molecule has 1 fully saturated rings. The fourth-order valence-corrected chi connectivity index (χ4v) is 2.86. The highest BCUT2D eigenvalue weighted by Gasteiger charge is 2.17. The van der Waals surface area contributed by atoms with E-state index in [0.29, 0.717) is 0 Å². The molecule has 0 aromatic heterocycles. The number of hydrogen-bond acceptors (Lipinski definition) is 2. The largest absolute Gasteiger partial charge is 0.388 e. The van der Waals surface area contributed by atoms with Gasteiger partial charge in [-0.15, -0.1) is 0 Å². The fraction of sp³-hybridized carbons (Fsp3) is 0.647. The summed E-state index contributed by atoms with van der Waals surface area (Å²) < 4.78 is 0. The van der Waals surface area contributed by atoms with Gasteiger partial charge >= 0.3 is 0 Å². The number of rotatable bonds is 4. The molecule has 2 heteroatoms. The van der Waals surface area contributed by atoms with Gasteiger partial charge in [-0.3, -0.25) is 0 Å². The summed E-state index contributed by atoms with van der Waals surface area (Å²) in [5.74, 6) is 0.875. The number of nitrogens with zero attached hydrogens (tertiary/aromatic N) is 1. The number of benzene rings is 1. The molecule has 2 nitrogen and oxygen atoms in total. The zero-order valence-corrected chi connectivity index (χ0v) is 12.5. The Morgan fingerprint density at radius 2 is 1.95 bits per heavy atom. The molecule has 0 aliphatic carbocycles. The maximum Gasteiger partial charge on any atom is 0.0804 e. The van der Waals surface area contributed by atoms with E-state index < -0.39 is 0 Å². The third kappa shape index (κ3) is 4.05. The first-order valence-corrected chi connectivity index (χ1v) is 7.54. The highest BCUT2D eigenvalue weighted by Crippen LogP contribution is 2.23. The predicted octanol–water partition coefficient (Wildman–Crippen LogP) is 3.46. The fourth-order valence-electron chi connectivity index (χ4n) is 2.86. The third-order valence-corrected chi connectivity index (χ3v) is 4.39. The first-order valence-electron chi connectivity index (χ1n) is 7.54. The maximum atomic E-state index is 10.4. The average molecular weight is 261 g/mol. The second-order valence-electron chi connectivity index (χ2n) is 6.19. The van der Waals surface area contributed by atoms with Gasteiger partial charge in [0.15, 0.2) is 0 Å². The van der Waals surface area contributed by atoms with Crippen molar-refractivity contribution in [2.24, 2.45) is 5.92 Å². The smallest absolute Gasteiger partial charge is 0.0804 e. The Kier molecular flexibility index (Phi) is 5.00. The van der Waals surface area contributed by atoms with Crippen molar-refractivity contribution in [3.63, 3.8) is 0 Å². The van der Waals surface area contributed by atoms with Gasteiger partial charge in [0.05, 0.1) is 6.10 Å². The van der Waals surface area contributed by atoms with Crippen molar-refractivity contribution in [2.45, 2.75) is 46.1 Å². The van der Waals surface area contributed by atoms with Crippen LogP contribution in [0.1, 0.15) is 49.0 Å². The van der Waals surface area contributed by atoms with E-state index in [4.69, 9.17) is 0 Å². The molecular formula is C17H27NO. The van der Waals surface area contributed by atoms with E-state index >= 15 is 0 Å². The summed E-state index contributed by atoms with van der Waals surface area (Å²) >= 11 is 0. The quantitative estimate of drug-likeness (QED) is 0.897. The molecule has 1 aliphatic rings. The van der Waals surface area contributed by atoms with E-state index in [0.717, 1.165) is 24.4 Å². The van der Waals surface area contributed by atoms with Crippen LogP contribution in [0, 0.1) is 19.8 Å². The van der Waals surface area contributed by atoms with Crippen molar-refractivity contribution in [2.75, 3.05) is 19.6 Å². The summed E-state index contributed by atoms with van der Waals surface area (Å²) in [6.45, 7) is 9.91.